The molecule has 0 saturated carbocycles. The molecular weight excluding hydrogens is 613 g/mol. The first kappa shape index (κ1) is 34.5. The number of nitrogens with zero attached hydrogens (tertiary/aromatic N) is 1. The van der Waals surface area contributed by atoms with Crippen LogP contribution < -0.4 is 4.74 Å². The van der Waals surface area contributed by atoms with Crippen molar-refractivity contribution in [3.05, 3.63) is 75.8 Å². The van der Waals surface area contributed by atoms with Gasteiger partial charge in [-0.3, -0.25) is 4.79 Å². The number of rotatable bonds is 7. The summed E-state index contributed by atoms with van der Waals surface area (Å²) in [5.74, 6) is -0.262. The van der Waals surface area contributed by atoms with E-state index >= 15 is 0 Å². The molecule has 1 saturated heterocycles. The molecule has 240 valence electrons. The van der Waals surface area contributed by atoms with Crippen molar-refractivity contribution in [1.29, 1.82) is 0 Å². The van der Waals surface area contributed by atoms with Gasteiger partial charge in [-0.15, -0.1) is 0 Å². The van der Waals surface area contributed by atoms with E-state index in [0.29, 0.717) is 28.8 Å². The molecule has 9 heteroatoms. The number of carbonyl (C=O) groups is 2. The number of allylic oxidation sites excluding steroid dienone is 1. The molecule has 0 aromatic heterocycles. The first-order valence-electron chi connectivity index (χ1n) is 15.3. The Morgan fingerprint density at radius 3 is 2.20 bits per heavy atom. The normalized spacial score (nSPS) is 25.6. The highest BCUT2D eigenvalue weighted by Gasteiger charge is 2.63. The van der Waals surface area contributed by atoms with E-state index in [1.807, 2.05) is 76.2 Å². The Bertz CT molecular complexity index is 1410. The zero-order valence-corrected chi connectivity index (χ0v) is 30.2. The number of likely N-dealkylation sites (tertiary alicyclic amines) is 1. The molecule has 2 aromatic carbocycles. The predicted molar refractivity (Wildman–Crippen MR) is 180 cm³/mol. The summed E-state index contributed by atoms with van der Waals surface area (Å²) in [6.45, 7) is 18.8. The van der Waals surface area contributed by atoms with Crippen molar-refractivity contribution in [2.75, 3.05) is 13.7 Å². The number of benzene rings is 2. The van der Waals surface area contributed by atoms with E-state index in [0.717, 1.165) is 11.1 Å². The molecule has 1 aliphatic carbocycles. The van der Waals surface area contributed by atoms with Crippen LogP contribution in [0.15, 0.2) is 54.6 Å². The van der Waals surface area contributed by atoms with Gasteiger partial charge in [0.05, 0.1) is 12.5 Å². The van der Waals surface area contributed by atoms with Gasteiger partial charge in [-0.2, -0.15) is 0 Å². The average Bonchev–Trinajstić information content (AvgIpc) is 3.13. The van der Waals surface area contributed by atoms with Gasteiger partial charge in [0.2, 0.25) is 5.91 Å². The van der Waals surface area contributed by atoms with E-state index < -0.39 is 31.5 Å². The lowest BCUT2D eigenvalue weighted by molar-refractivity contribution is -0.135. The molecule has 2 amide bonds. The molecule has 0 bridgehead atoms. The molecule has 0 N–H and O–H groups in total. The van der Waals surface area contributed by atoms with Crippen molar-refractivity contribution in [1.82, 2.24) is 4.90 Å². The van der Waals surface area contributed by atoms with Crippen LogP contribution in [0.4, 0.5) is 4.79 Å². The largest absolute Gasteiger partial charge is 0.497 e. The van der Waals surface area contributed by atoms with E-state index in [-0.39, 0.29) is 28.7 Å². The van der Waals surface area contributed by atoms with Crippen molar-refractivity contribution in [3.63, 3.8) is 0 Å². The van der Waals surface area contributed by atoms with Crippen LogP contribution in [0.25, 0.3) is 0 Å². The highest BCUT2D eigenvalue weighted by Crippen LogP contribution is 2.60. The van der Waals surface area contributed by atoms with Gasteiger partial charge in [0, 0.05) is 40.4 Å². The van der Waals surface area contributed by atoms with E-state index in [1.54, 1.807) is 7.11 Å². The second kappa shape index (κ2) is 12.5. The second-order valence-corrected chi connectivity index (χ2v) is 20.3. The van der Waals surface area contributed by atoms with Gasteiger partial charge in [0.25, 0.3) is 0 Å². The van der Waals surface area contributed by atoms with Crippen molar-refractivity contribution in [2.24, 2.45) is 11.3 Å². The molecule has 5 atom stereocenters. The number of halogens is 2. The van der Waals surface area contributed by atoms with E-state index in [2.05, 4.69) is 39.9 Å². The molecule has 2 aromatic rings. The Kier molecular flexibility index (Phi) is 9.79. The van der Waals surface area contributed by atoms with Crippen LogP contribution in [-0.4, -0.2) is 50.6 Å². The summed E-state index contributed by atoms with van der Waals surface area (Å²) in [5.41, 5.74) is 0.193. The topological polar surface area (TPSA) is 65.1 Å². The molecule has 2 aliphatic rings. The van der Waals surface area contributed by atoms with Crippen molar-refractivity contribution in [2.45, 2.75) is 96.5 Å². The lowest BCUT2D eigenvalue weighted by atomic mass is 9.57. The van der Waals surface area contributed by atoms with E-state index in [4.69, 9.17) is 37.1 Å². The lowest BCUT2D eigenvalue weighted by Crippen LogP contribution is -2.45. The first-order chi connectivity index (χ1) is 20.3. The lowest BCUT2D eigenvalue weighted by Gasteiger charge is -2.45. The quantitative estimate of drug-likeness (QED) is 0.219. The van der Waals surface area contributed by atoms with Gasteiger partial charge in [-0.1, -0.05) is 74.3 Å². The summed E-state index contributed by atoms with van der Waals surface area (Å²) in [7, 11) is -0.490. The van der Waals surface area contributed by atoms with Crippen molar-refractivity contribution < 1.29 is 23.5 Å². The third kappa shape index (κ3) is 6.62. The predicted octanol–water partition coefficient (Wildman–Crippen LogP) is 9.62. The highest BCUT2D eigenvalue weighted by atomic mass is 35.5. The zero-order chi connectivity index (χ0) is 32.8. The molecule has 0 unspecified atom stereocenters. The first-order valence-corrected chi connectivity index (χ1v) is 19.0. The maximum atomic E-state index is 14.6. The van der Waals surface area contributed by atoms with Crippen LogP contribution in [0.5, 0.6) is 5.75 Å². The van der Waals surface area contributed by atoms with Crippen LogP contribution in [-0.2, 0) is 14.0 Å². The van der Waals surface area contributed by atoms with Crippen LogP contribution in [0.2, 0.25) is 28.2 Å². The summed E-state index contributed by atoms with van der Waals surface area (Å²) in [6, 6.07) is 13.0. The highest BCUT2D eigenvalue weighted by molar-refractivity contribution is 6.74. The fourth-order valence-electron chi connectivity index (χ4n) is 6.47. The smallest absolute Gasteiger partial charge is 0.417 e. The third-order valence-corrected chi connectivity index (χ3v) is 14.8. The number of hydrogen-bond donors (Lipinski definition) is 0. The van der Waals surface area contributed by atoms with Gasteiger partial charge < -0.3 is 13.9 Å². The van der Waals surface area contributed by atoms with Gasteiger partial charge in [0.1, 0.15) is 11.4 Å². The number of carbonyl (C=O) groups excluding carboxylic acids is 2. The van der Waals surface area contributed by atoms with E-state index in [9.17, 15) is 9.59 Å². The Labute approximate surface area is 274 Å². The van der Waals surface area contributed by atoms with Crippen LogP contribution in [0.1, 0.15) is 77.8 Å². The molecule has 0 spiro atoms. The molecule has 1 aliphatic heterocycles. The van der Waals surface area contributed by atoms with Crippen molar-refractivity contribution in [3.8, 4) is 5.75 Å². The Morgan fingerprint density at radius 1 is 1.02 bits per heavy atom. The molecule has 44 heavy (non-hydrogen) atoms. The summed E-state index contributed by atoms with van der Waals surface area (Å²) in [4.78, 5) is 29.7. The third-order valence-electron chi connectivity index (χ3n) is 9.71. The fraction of sp³-hybridized carbons (Fsp3) is 0.543. The van der Waals surface area contributed by atoms with E-state index in [1.165, 1.54) is 4.90 Å². The second-order valence-electron chi connectivity index (χ2n) is 14.7. The van der Waals surface area contributed by atoms with Gasteiger partial charge in [-0.05, 0) is 87.6 Å². The molecule has 0 radical (unpaired) electrons. The summed E-state index contributed by atoms with van der Waals surface area (Å²) >= 11 is 13.2. The van der Waals surface area contributed by atoms with Gasteiger partial charge in [-0.25, -0.2) is 9.69 Å². The minimum Gasteiger partial charge on any atom is -0.497 e. The van der Waals surface area contributed by atoms with Crippen molar-refractivity contribution >= 4 is 43.5 Å². The fourth-order valence-corrected chi connectivity index (χ4v) is 7.94. The minimum absolute atomic E-state index is 0.0179. The minimum atomic E-state index is -2.10. The van der Waals surface area contributed by atoms with Gasteiger partial charge >= 0.3 is 6.09 Å². The molecule has 1 fully saturated rings. The number of methoxy groups -OCH3 is 1. The monoisotopic (exact) mass is 659 g/mol. The average molecular weight is 661 g/mol. The number of hydrogen-bond acceptors (Lipinski definition) is 5. The van der Waals surface area contributed by atoms with Crippen LogP contribution in [0, 0.1) is 11.3 Å². The summed E-state index contributed by atoms with van der Waals surface area (Å²) in [5, 5.41) is 1.22. The van der Waals surface area contributed by atoms with Gasteiger partial charge in [0.15, 0.2) is 8.32 Å². The van der Waals surface area contributed by atoms with Crippen LogP contribution >= 0.6 is 23.2 Å². The Hall–Kier alpha value is -2.32. The number of amides is 2. The molecular formula is C35H47Cl2NO5Si. The standard InChI is InChI=1S/C35H47Cl2NO5Si/c1-22-30-29(23-11-13-24(36)14-12-23)27(26-16-15-25(41-8)21-28(26)37)17-18-35(30,19-20-42-44(9,10)34(5,6)7)31(39)38(22)32(40)43-33(2,3)4/h11-18,21-22,27,29-30H,19-20H2,1-10H3/t22-,27+,29+,30+,35+/m1/s1. The number of fused-ring (bicyclic) bond motifs is 1. The Morgan fingerprint density at radius 2 is 1.66 bits per heavy atom. The molecule has 4 rings (SSSR count). The summed E-state index contributed by atoms with van der Waals surface area (Å²) in [6.07, 6.45) is 3.93. The maximum Gasteiger partial charge on any atom is 0.417 e. The Balaban J connectivity index is 1.89. The maximum absolute atomic E-state index is 14.6. The molecule has 1 heterocycles. The SMILES string of the molecule is COc1ccc([C@@H]2C=C[C@@]3(CCO[Si](C)(C)C(C)(C)C)C(=O)N(C(=O)OC(C)(C)C)[C@H](C)[C@H]3[C@H]2c2ccc(Cl)cc2)c(Cl)c1. The number of imide groups is 1. The van der Waals surface area contributed by atoms with Crippen LogP contribution in [0.3, 0.4) is 0 Å². The molecule has 6 nitrogen and oxygen atoms in total. The zero-order valence-electron chi connectivity index (χ0n) is 27.7. The number of ether oxygens (including phenoxy) is 2. The summed E-state index contributed by atoms with van der Waals surface area (Å²) < 4.78 is 17.9.